The first-order chi connectivity index (χ1) is 17.9. The third-order valence-electron chi connectivity index (χ3n) is 6.09. The van der Waals surface area contributed by atoms with Crippen molar-refractivity contribution in [3.63, 3.8) is 0 Å². The van der Waals surface area contributed by atoms with Gasteiger partial charge < -0.3 is 19.6 Å². The number of amides is 1. The van der Waals surface area contributed by atoms with Crippen molar-refractivity contribution in [2.75, 3.05) is 19.6 Å². The highest BCUT2D eigenvalue weighted by Crippen LogP contribution is 2.41. The molecule has 4 rings (SSSR count). The summed E-state index contributed by atoms with van der Waals surface area (Å²) in [5.41, 5.74) is 3.32. The number of carboxylic acids is 2. The lowest BCUT2D eigenvalue weighted by Crippen LogP contribution is -2.31. The van der Waals surface area contributed by atoms with E-state index in [9.17, 15) is 31.1 Å². The number of hydrogen-bond donors (Lipinski definition) is 2. The topological polar surface area (TPSA) is 137 Å². The molecule has 4 heterocycles. The van der Waals surface area contributed by atoms with Crippen molar-refractivity contribution in [1.82, 2.24) is 19.9 Å². The van der Waals surface area contributed by atoms with E-state index >= 15 is 0 Å². The second-order valence-corrected chi connectivity index (χ2v) is 9.15. The summed E-state index contributed by atoms with van der Waals surface area (Å²) in [7, 11) is 0. The summed E-state index contributed by atoms with van der Waals surface area (Å²) in [6, 6.07) is 4.13. The number of carbonyl (C=O) groups excluding carboxylic acids is 1. The van der Waals surface area contributed by atoms with E-state index in [1.807, 2.05) is 31.1 Å². The predicted octanol–water partition coefficient (Wildman–Crippen LogP) is 3.58. The van der Waals surface area contributed by atoms with Crippen molar-refractivity contribution < 1.29 is 55.5 Å². The Labute approximate surface area is 218 Å². The number of aromatic nitrogens is 2. The van der Waals surface area contributed by atoms with E-state index in [1.165, 1.54) is 5.56 Å². The van der Waals surface area contributed by atoms with Crippen LogP contribution in [0.2, 0.25) is 0 Å². The Morgan fingerprint density at radius 3 is 2.00 bits per heavy atom. The molecule has 2 N–H and O–H groups in total. The summed E-state index contributed by atoms with van der Waals surface area (Å²) in [5.74, 6) is -4.44. The number of halogens is 6. The maximum atomic E-state index is 12.6. The molecule has 2 fully saturated rings. The molecule has 0 saturated carbocycles. The number of alkyl halides is 6. The van der Waals surface area contributed by atoms with Gasteiger partial charge in [-0.2, -0.15) is 26.3 Å². The standard InChI is InChI=1S/C19H24N4O2.2C2HF3O2/c1-14-17(15(2)25-21-14)11-23-13-19(9-18(23)24)5-8-22(12-19)10-16-3-6-20-7-4-16;2*3-2(4,5)1(6)7/h3-4,6-7H,5,8-13H2,1-2H3;2*(H,6,7). The minimum absolute atomic E-state index is 0.100. The lowest BCUT2D eigenvalue weighted by atomic mass is 9.86. The molecular formula is C23H26F6N4O6. The van der Waals surface area contributed by atoms with Gasteiger partial charge in [0.25, 0.3) is 0 Å². The second kappa shape index (κ2) is 12.4. The zero-order valence-corrected chi connectivity index (χ0v) is 20.8. The first-order valence-corrected chi connectivity index (χ1v) is 11.3. The van der Waals surface area contributed by atoms with Crippen molar-refractivity contribution in [3.05, 3.63) is 47.1 Å². The molecule has 0 aromatic carbocycles. The molecule has 216 valence electrons. The van der Waals surface area contributed by atoms with Crippen LogP contribution in [-0.2, 0) is 27.5 Å². The van der Waals surface area contributed by atoms with Gasteiger partial charge in [-0.15, -0.1) is 0 Å². The molecule has 16 heteroatoms. The summed E-state index contributed by atoms with van der Waals surface area (Å²) in [5, 5.41) is 18.3. The van der Waals surface area contributed by atoms with Crippen LogP contribution in [0.15, 0.2) is 29.0 Å². The summed E-state index contributed by atoms with van der Waals surface area (Å²) < 4.78 is 68.7. The maximum absolute atomic E-state index is 12.6. The van der Waals surface area contributed by atoms with Crippen molar-refractivity contribution in [2.45, 2.75) is 52.1 Å². The van der Waals surface area contributed by atoms with Crippen LogP contribution < -0.4 is 0 Å². The highest BCUT2D eigenvalue weighted by Gasteiger charge is 2.47. The molecule has 1 unspecified atom stereocenters. The highest BCUT2D eigenvalue weighted by atomic mass is 19.4. The number of rotatable bonds is 4. The molecule has 2 aliphatic heterocycles. The number of carbonyl (C=O) groups is 3. The number of carboxylic acid groups (broad SMARTS) is 2. The van der Waals surface area contributed by atoms with E-state index in [0.29, 0.717) is 13.0 Å². The van der Waals surface area contributed by atoms with E-state index in [4.69, 9.17) is 24.3 Å². The molecule has 0 aliphatic carbocycles. The smallest absolute Gasteiger partial charge is 0.475 e. The minimum Gasteiger partial charge on any atom is -0.475 e. The zero-order chi connectivity index (χ0) is 29.6. The Balaban J connectivity index is 0.000000317. The molecule has 10 nitrogen and oxygen atoms in total. The Morgan fingerprint density at radius 2 is 1.54 bits per heavy atom. The SMILES string of the molecule is Cc1noc(C)c1CN1CC2(CCN(Cc3ccncc3)C2)CC1=O.O=C(O)C(F)(F)F.O=C(O)C(F)(F)F. The molecular weight excluding hydrogens is 542 g/mol. The van der Waals surface area contributed by atoms with Crippen LogP contribution in [-0.4, -0.2) is 80.0 Å². The first kappa shape index (κ1) is 31.5. The fourth-order valence-corrected chi connectivity index (χ4v) is 4.23. The third-order valence-corrected chi connectivity index (χ3v) is 6.09. The highest BCUT2D eigenvalue weighted by molar-refractivity contribution is 5.79. The molecule has 2 aromatic rings. The predicted molar refractivity (Wildman–Crippen MR) is 120 cm³/mol. The van der Waals surface area contributed by atoms with E-state index < -0.39 is 24.3 Å². The molecule has 1 spiro atoms. The van der Waals surface area contributed by atoms with E-state index in [2.05, 4.69) is 27.2 Å². The van der Waals surface area contributed by atoms with Crippen molar-refractivity contribution >= 4 is 17.8 Å². The third kappa shape index (κ3) is 9.23. The summed E-state index contributed by atoms with van der Waals surface area (Å²) in [6.45, 7) is 8.27. The summed E-state index contributed by atoms with van der Waals surface area (Å²) >= 11 is 0. The van der Waals surface area contributed by atoms with Crippen molar-refractivity contribution in [1.29, 1.82) is 0 Å². The van der Waals surface area contributed by atoms with Gasteiger partial charge in [-0.05, 0) is 44.5 Å². The molecule has 2 aliphatic rings. The average Bonchev–Trinajstić information content (AvgIpc) is 3.46. The van der Waals surface area contributed by atoms with Crippen LogP contribution in [0, 0.1) is 19.3 Å². The summed E-state index contributed by atoms with van der Waals surface area (Å²) in [4.78, 5) is 38.9. The minimum atomic E-state index is -5.08. The van der Waals surface area contributed by atoms with E-state index in [0.717, 1.165) is 49.6 Å². The fraction of sp³-hybridized carbons (Fsp3) is 0.522. The Kier molecular flexibility index (Phi) is 10.1. The lowest BCUT2D eigenvalue weighted by Gasteiger charge is -2.24. The number of pyridine rings is 1. The second-order valence-electron chi connectivity index (χ2n) is 9.15. The molecule has 2 aromatic heterocycles. The van der Waals surface area contributed by atoms with E-state index in [-0.39, 0.29) is 11.3 Å². The van der Waals surface area contributed by atoms with Gasteiger partial charge in [0.1, 0.15) is 5.76 Å². The van der Waals surface area contributed by atoms with Crippen LogP contribution in [0.3, 0.4) is 0 Å². The number of hydrogen-bond acceptors (Lipinski definition) is 7. The number of aliphatic carboxylic acids is 2. The molecule has 39 heavy (non-hydrogen) atoms. The normalized spacial score (nSPS) is 19.4. The number of nitrogens with zero attached hydrogens (tertiary/aromatic N) is 4. The van der Waals surface area contributed by atoms with Gasteiger partial charge in [-0.1, -0.05) is 5.16 Å². The van der Waals surface area contributed by atoms with Crippen LogP contribution in [0.5, 0.6) is 0 Å². The van der Waals surface area contributed by atoms with Crippen LogP contribution in [0.25, 0.3) is 0 Å². The lowest BCUT2D eigenvalue weighted by molar-refractivity contribution is -0.193. The Morgan fingerprint density at radius 1 is 1.00 bits per heavy atom. The maximum Gasteiger partial charge on any atom is 0.490 e. The summed E-state index contributed by atoms with van der Waals surface area (Å²) in [6.07, 6.45) is -4.75. The molecule has 2 saturated heterocycles. The van der Waals surface area contributed by atoms with Gasteiger partial charge in [0, 0.05) is 49.4 Å². The quantitative estimate of drug-likeness (QED) is 0.531. The van der Waals surface area contributed by atoms with Gasteiger partial charge in [0.05, 0.1) is 12.2 Å². The van der Waals surface area contributed by atoms with Gasteiger partial charge in [-0.25, -0.2) is 9.59 Å². The molecule has 1 amide bonds. The monoisotopic (exact) mass is 568 g/mol. The van der Waals surface area contributed by atoms with Crippen molar-refractivity contribution in [2.24, 2.45) is 5.41 Å². The number of likely N-dealkylation sites (tertiary alicyclic amines) is 2. The van der Waals surface area contributed by atoms with Crippen molar-refractivity contribution in [3.8, 4) is 0 Å². The molecule has 0 radical (unpaired) electrons. The molecule has 1 atom stereocenters. The van der Waals surface area contributed by atoms with Gasteiger partial charge in [0.2, 0.25) is 5.91 Å². The van der Waals surface area contributed by atoms with Gasteiger partial charge in [-0.3, -0.25) is 14.7 Å². The van der Waals surface area contributed by atoms with Crippen LogP contribution >= 0.6 is 0 Å². The Bertz CT molecular complexity index is 1110. The fourth-order valence-electron chi connectivity index (χ4n) is 4.23. The largest absolute Gasteiger partial charge is 0.490 e. The average molecular weight is 568 g/mol. The van der Waals surface area contributed by atoms with Crippen LogP contribution in [0.4, 0.5) is 26.3 Å². The first-order valence-electron chi connectivity index (χ1n) is 11.3. The van der Waals surface area contributed by atoms with Gasteiger partial charge >= 0.3 is 24.3 Å². The zero-order valence-electron chi connectivity index (χ0n) is 20.8. The Hall–Kier alpha value is -3.69. The van der Waals surface area contributed by atoms with Crippen LogP contribution in [0.1, 0.15) is 35.4 Å². The number of aryl methyl sites for hydroxylation is 2. The van der Waals surface area contributed by atoms with E-state index in [1.54, 1.807) is 0 Å². The van der Waals surface area contributed by atoms with Gasteiger partial charge in [0.15, 0.2) is 0 Å². The molecule has 0 bridgehead atoms.